The van der Waals surface area contributed by atoms with E-state index in [1.165, 1.54) is 17.0 Å². The zero-order chi connectivity index (χ0) is 19.3. The fourth-order valence-corrected chi connectivity index (χ4v) is 4.79. The van der Waals surface area contributed by atoms with Gasteiger partial charge in [-0.15, -0.1) is 6.58 Å². The molecule has 0 radical (unpaired) electrons. The summed E-state index contributed by atoms with van der Waals surface area (Å²) in [7, 11) is 0. The van der Waals surface area contributed by atoms with Crippen LogP contribution in [0.25, 0.3) is 0 Å². The Balaban J connectivity index is 1.87. The summed E-state index contributed by atoms with van der Waals surface area (Å²) in [5, 5.41) is 13.9. The molecule has 3 aliphatic heterocycles. The number of anilines is 1. The molecule has 4 rings (SSSR count). The normalized spacial score (nSPS) is 26.7. The molecule has 0 saturated carbocycles. The van der Waals surface area contributed by atoms with Gasteiger partial charge in [0, 0.05) is 37.3 Å². The van der Waals surface area contributed by atoms with Gasteiger partial charge < -0.3 is 10.2 Å². The van der Waals surface area contributed by atoms with E-state index in [2.05, 4.69) is 11.9 Å². The van der Waals surface area contributed by atoms with Crippen molar-refractivity contribution in [2.45, 2.75) is 25.3 Å². The topological polar surface area (TPSA) is 95.8 Å². The molecule has 0 unspecified atom stereocenters. The van der Waals surface area contributed by atoms with Crippen molar-refractivity contribution in [3.63, 3.8) is 0 Å². The molecular weight excluding hydrogens is 368 g/mol. The highest BCUT2D eigenvalue weighted by atomic mass is 32.1. The van der Waals surface area contributed by atoms with Gasteiger partial charge in [-0.3, -0.25) is 24.6 Å². The molecule has 140 valence electrons. The summed E-state index contributed by atoms with van der Waals surface area (Å²) in [6, 6.07) is 4.36. The van der Waals surface area contributed by atoms with Gasteiger partial charge in [0.25, 0.3) is 5.69 Å². The average Bonchev–Trinajstić information content (AvgIpc) is 3.13. The maximum atomic E-state index is 13.5. The Kier molecular flexibility index (Phi) is 3.99. The molecule has 2 atom stereocenters. The van der Waals surface area contributed by atoms with Crippen LogP contribution in [0.2, 0.25) is 0 Å². The number of rotatable bonds is 3. The summed E-state index contributed by atoms with van der Waals surface area (Å²) in [6.45, 7) is 4.56. The molecule has 1 aromatic carbocycles. The fourth-order valence-electron chi connectivity index (χ4n) is 4.54. The molecule has 1 N–H and O–H groups in total. The van der Waals surface area contributed by atoms with Crippen LogP contribution in [0, 0.1) is 15.5 Å². The van der Waals surface area contributed by atoms with E-state index >= 15 is 0 Å². The molecule has 2 amide bonds. The molecule has 0 aromatic heterocycles. The van der Waals surface area contributed by atoms with Gasteiger partial charge in [-0.25, -0.2) is 0 Å². The number of nitro groups is 1. The van der Waals surface area contributed by atoms with Crippen molar-refractivity contribution in [1.82, 2.24) is 10.2 Å². The monoisotopic (exact) mass is 386 g/mol. The quantitative estimate of drug-likeness (QED) is 0.278. The zero-order valence-corrected chi connectivity index (χ0v) is 15.3. The first-order valence-electron chi connectivity index (χ1n) is 8.72. The van der Waals surface area contributed by atoms with E-state index in [0.717, 1.165) is 12.1 Å². The van der Waals surface area contributed by atoms with Crippen molar-refractivity contribution in [3.8, 4) is 0 Å². The third kappa shape index (κ3) is 2.38. The number of hydrogen-bond donors (Lipinski definition) is 1. The zero-order valence-electron chi connectivity index (χ0n) is 14.5. The summed E-state index contributed by atoms with van der Waals surface area (Å²) in [5.74, 6) is -0.780. The van der Waals surface area contributed by atoms with E-state index in [-0.39, 0.29) is 35.7 Å². The second-order valence-corrected chi connectivity index (χ2v) is 7.42. The lowest BCUT2D eigenvalue weighted by Crippen LogP contribution is -2.71. The number of hydrogen-bond acceptors (Lipinski definition) is 6. The fraction of sp³-hybridized carbons (Fsp3) is 0.389. The smallest absolute Gasteiger partial charge is 0.269 e. The number of carbonyl (C=O) groups excluding carboxylic acids is 2. The molecule has 0 aliphatic carbocycles. The summed E-state index contributed by atoms with van der Waals surface area (Å²) >= 11 is 5.17. The standard InChI is InChI=1S/C18H18N4O4S/c1-2-7-21-16(24)18(15(23)19-17(21)27)10-11-9-12(22(25)26)5-6-13(11)20-8-3-4-14(18)20/h2,5-6,9,14H,1,3-4,7-8,10H2,(H,19,23,27)/t14-,18+/m1/s1. The molecule has 1 aromatic rings. The molecule has 2 saturated heterocycles. The average molecular weight is 386 g/mol. The number of benzene rings is 1. The minimum atomic E-state index is -1.34. The number of nitro benzene ring substituents is 1. The predicted octanol–water partition coefficient (Wildman–Crippen LogP) is 1.54. The van der Waals surface area contributed by atoms with Crippen molar-refractivity contribution in [1.29, 1.82) is 0 Å². The summed E-state index contributed by atoms with van der Waals surface area (Å²) in [6.07, 6.45) is 3.22. The van der Waals surface area contributed by atoms with Gasteiger partial charge in [0.2, 0.25) is 11.8 Å². The lowest BCUT2D eigenvalue weighted by Gasteiger charge is -2.50. The Morgan fingerprint density at radius 1 is 1.44 bits per heavy atom. The highest BCUT2D eigenvalue weighted by Crippen LogP contribution is 2.48. The van der Waals surface area contributed by atoms with Crippen LogP contribution in [0.5, 0.6) is 0 Å². The van der Waals surface area contributed by atoms with Gasteiger partial charge in [-0.05, 0) is 36.7 Å². The highest BCUT2D eigenvalue weighted by molar-refractivity contribution is 7.80. The van der Waals surface area contributed by atoms with Gasteiger partial charge in [-0.2, -0.15) is 0 Å². The minimum absolute atomic E-state index is 0.0521. The predicted molar refractivity (Wildman–Crippen MR) is 102 cm³/mol. The van der Waals surface area contributed by atoms with Crippen molar-refractivity contribution < 1.29 is 14.5 Å². The van der Waals surface area contributed by atoms with E-state index in [1.54, 1.807) is 12.1 Å². The number of fused-ring (bicyclic) bond motifs is 4. The van der Waals surface area contributed by atoms with Crippen LogP contribution in [0.4, 0.5) is 11.4 Å². The lowest BCUT2D eigenvalue weighted by molar-refractivity contribution is -0.384. The highest BCUT2D eigenvalue weighted by Gasteiger charge is 2.62. The van der Waals surface area contributed by atoms with Crippen LogP contribution in [0.15, 0.2) is 30.9 Å². The largest absolute Gasteiger partial charge is 0.367 e. The van der Waals surface area contributed by atoms with E-state index in [4.69, 9.17) is 12.2 Å². The number of nitrogens with zero attached hydrogens (tertiary/aromatic N) is 3. The van der Waals surface area contributed by atoms with Crippen LogP contribution in [-0.4, -0.2) is 45.9 Å². The SMILES string of the molecule is C=CCN1C(=O)[C@]2(Cc3cc([N+](=O)[O-])ccc3N3CCC[C@@H]32)C(=O)NC1=S. The Morgan fingerprint density at radius 2 is 2.22 bits per heavy atom. The second kappa shape index (κ2) is 6.12. The Labute approximate surface area is 161 Å². The van der Waals surface area contributed by atoms with E-state index in [1.807, 2.05) is 4.90 Å². The molecule has 3 heterocycles. The first-order chi connectivity index (χ1) is 12.9. The van der Waals surface area contributed by atoms with Gasteiger partial charge in [0.15, 0.2) is 10.5 Å². The maximum absolute atomic E-state index is 13.5. The lowest BCUT2D eigenvalue weighted by atomic mass is 9.68. The molecule has 1 spiro atoms. The third-order valence-corrected chi connectivity index (χ3v) is 6.01. The van der Waals surface area contributed by atoms with E-state index in [9.17, 15) is 19.7 Å². The first-order valence-corrected chi connectivity index (χ1v) is 9.13. The van der Waals surface area contributed by atoms with Crippen LogP contribution in [-0.2, 0) is 16.0 Å². The number of thiocarbonyl (C=S) groups is 1. The number of amides is 2. The van der Waals surface area contributed by atoms with Crippen LogP contribution >= 0.6 is 12.2 Å². The van der Waals surface area contributed by atoms with E-state index < -0.39 is 16.2 Å². The number of carbonyl (C=O) groups is 2. The Morgan fingerprint density at radius 3 is 2.93 bits per heavy atom. The molecule has 2 fully saturated rings. The van der Waals surface area contributed by atoms with Gasteiger partial charge in [-0.1, -0.05) is 6.08 Å². The van der Waals surface area contributed by atoms with Gasteiger partial charge in [0.05, 0.1) is 11.0 Å². The molecular formula is C18H18N4O4S. The van der Waals surface area contributed by atoms with Crippen LogP contribution in [0.1, 0.15) is 18.4 Å². The van der Waals surface area contributed by atoms with Crippen LogP contribution in [0.3, 0.4) is 0 Å². The molecule has 8 nitrogen and oxygen atoms in total. The summed E-state index contributed by atoms with van der Waals surface area (Å²) < 4.78 is 0. The van der Waals surface area contributed by atoms with Crippen LogP contribution < -0.4 is 10.2 Å². The van der Waals surface area contributed by atoms with Crippen molar-refractivity contribution >= 4 is 40.5 Å². The Hall–Kier alpha value is -2.81. The molecule has 0 bridgehead atoms. The van der Waals surface area contributed by atoms with E-state index in [0.29, 0.717) is 18.5 Å². The minimum Gasteiger partial charge on any atom is -0.367 e. The number of non-ortho nitro benzene ring substituents is 1. The van der Waals surface area contributed by atoms with Crippen molar-refractivity contribution in [3.05, 3.63) is 46.5 Å². The first kappa shape index (κ1) is 17.6. The summed E-state index contributed by atoms with van der Waals surface area (Å²) in [4.78, 5) is 40.7. The third-order valence-electron chi connectivity index (χ3n) is 5.68. The molecule has 27 heavy (non-hydrogen) atoms. The summed E-state index contributed by atoms with van der Waals surface area (Å²) in [5.41, 5.74) is 0.1000. The second-order valence-electron chi connectivity index (χ2n) is 7.03. The maximum Gasteiger partial charge on any atom is 0.269 e. The molecule has 9 heteroatoms. The number of nitrogens with one attached hydrogen (secondary N) is 1. The van der Waals surface area contributed by atoms with Crippen molar-refractivity contribution in [2.24, 2.45) is 5.41 Å². The van der Waals surface area contributed by atoms with Gasteiger partial charge >= 0.3 is 0 Å². The Bertz CT molecular complexity index is 901. The molecule has 3 aliphatic rings. The van der Waals surface area contributed by atoms with Gasteiger partial charge in [0.1, 0.15) is 0 Å². The van der Waals surface area contributed by atoms with Crippen molar-refractivity contribution in [2.75, 3.05) is 18.0 Å².